The highest BCUT2D eigenvalue weighted by Gasteiger charge is 2.45. The van der Waals surface area contributed by atoms with E-state index in [4.69, 9.17) is 14.2 Å². The number of aromatic nitrogens is 2. The van der Waals surface area contributed by atoms with Gasteiger partial charge in [0.2, 0.25) is 0 Å². The molecule has 0 saturated carbocycles. The van der Waals surface area contributed by atoms with Crippen molar-refractivity contribution in [3.8, 4) is 17.6 Å². The number of carbonyl (C=O) groups is 1. The lowest BCUT2D eigenvalue weighted by Gasteiger charge is -2.39. The van der Waals surface area contributed by atoms with Crippen molar-refractivity contribution in [3.05, 3.63) is 58.4 Å². The number of anilines is 1. The van der Waals surface area contributed by atoms with Crippen LogP contribution >= 0.6 is 0 Å². The van der Waals surface area contributed by atoms with Gasteiger partial charge in [-0.1, -0.05) is 6.92 Å². The van der Waals surface area contributed by atoms with Crippen LogP contribution in [-0.4, -0.2) is 77.8 Å². The third-order valence-corrected chi connectivity index (χ3v) is 9.76. The molecule has 0 bridgehead atoms. The molecule has 2 fully saturated rings. The van der Waals surface area contributed by atoms with Crippen molar-refractivity contribution >= 4 is 32.9 Å². The summed E-state index contributed by atoms with van der Waals surface area (Å²) in [4.78, 5) is 32.3. The second-order valence-corrected chi connectivity index (χ2v) is 14.3. The zero-order chi connectivity index (χ0) is 33.4. The van der Waals surface area contributed by atoms with Crippen molar-refractivity contribution in [3.63, 3.8) is 0 Å². The molecule has 246 valence electrons. The highest BCUT2D eigenvalue weighted by Crippen LogP contribution is 2.41. The van der Waals surface area contributed by atoms with Crippen LogP contribution in [0.5, 0.6) is 11.5 Å². The van der Waals surface area contributed by atoms with Gasteiger partial charge in [-0.15, -0.1) is 0 Å². The first kappa shape index (κ1) is 33.1. The Balaban J connectivity index is 1.36. The van der Waals surface area contributed by atoms with E-state index in [1.165, 1.54) is 30.1 Å². The third-order valence-electron chi connectivity index (χ3n) is 8.20. The molecule has 1 spiro atoms. The molecule has 2 aliphatic heterocycles. The molecule has 1 amide bonds. The van der Waals surface area contributed by atoms with Gasteiger partial charge in [0.15, 0.2) is 11.6 Å². The molecule has 1 atom stereocenters. The second-order valence-electron chi connectivity index (χ2n) is 12.5. The first-order chi connectivity index (χ1) is 21.6. The van der Waals surface area contributed by atoms with E-state index in [2.05, 4.69) is 9.71 Å². The fraction of sp³-hybridized carbons (Fsp3) is 0.484. The van der Waals surface area contributed by atoms with Crippen LogP contribution in [-0.2, 0) is 19.7 Å². The average molecular weight is 657 g/mol. The van der Waals surface area contributed by atoms with Crippen LogP contribution < -0.4 is 15.0 Å². The molecule has 2 saturated heterocycles. The number of nitriles is 1. The number of hydrogen-bond donors (Lipinski definition) is 1. The van der Waals surface area contributed by atoms with Gasteiger partial charge in [-0.05, 0) is 70.4 Å². The molecule has 2 aromatic carbocycles. The predicted octanol–water partition coefficient (Wildman–Crippen LogP) is 4.54. The highest BCUT2D eigenvalue weighted by atomic mass is 32.2. The minimum atomic E-state index is -4.00. The normalized spacial score (nSPS) is 18.1. The van der Waals surface area contributed by atoms with Gasteiger partial charge in [0.25, 0.3) is 5.56 Å². The number of rotatable bonds is 7. The van der Waals surface area contributed by atoms with E-state index in [0.717, 1.165) is 16.4 Å². The van der Waals surface area contributed by atoms with E-state index >= 15 is 0 Å². The number of fused-ring (bicyclic) bond motifs is 1. The summed E-state index contributed by atoms with van der Waals surface area (Å²) in [5.41, 5.74) is -1.54. The summed E-state index contributed by atoms with van der Waals surface area (Å²) in [6.45, 7) is 8.54. The lowest BCUT2D eigenvalue weighted by molar-refractivity contribution is -0.0486. The van der Waals surface area contributed by atoms with Crippen molar-refractivity contribution in [2.75, 3.05) is 38.0 Å². The number of likely N-dealkylation sites (tertiary alicyclic amines) is 1. The number of ether oxygens (including phenoxy) is 3. The summed E-state index contributed by atoms with van der Waals surface area (Å²) in [6.07, 6.45) is 2.89. The third kappa shape index (κ3) is 6.79. The topological polar surface area (TPSA) is 156 Å². The Morgan fingerprint density at radius 2 is 1.98 bits per heavy atom. The average Bonchev–Trinajstić information content (AvgIpc) is 3.41. The zero-order valence-electron chi connectivity index (χ0n) is 26.4. The Labute approximate surface area is 266 Å². The van der Waals surface area contributed by atoms with Gasteiger partial charge in [-0.25, -0.2) is 14.2 Å². The maximum absolute atomic E-state index is 15.0. The molecule has 46 heavy (non-hydrogen) atoms. The summed E-state index contributed by atoms with van der Waals surface area (Å²) in [5, 5.41) is 10.0. The Morgan fingerprint density at radius 3 is 2.63 bits per heavy atom. The molecule has 0 aliphatic carbocycles. The number of hydrogen-bond acceptors (Lipinski definition) is 9. The predicted molar refractivity (Wildman–Crippen MR) is 167 cm³/mol. The Morgan fingerprint density at radius 1 is 1.26 bits per heavy atom. The van der Waals surface area contributed by atoms with Crippen LogP contribution in [0.1, 0.15) is 58.6 Å². The van der Waals surface area contributed by atoms with Crippen LogP contribution in [0.4, 0.5) is 14.9 Å². The molecule has 3 aromatic rings. The standard InChI is InChI=1S/C31H37FN6O7S/c1-6-36(5)46(41,42)35-26-10-8-24(32)27(23(26)17-33)44-21-7-9-25-22(15-21)28(39)38(19-34-25)20-16-31(43-18-20)11-13-37(14-12-31)29(40)45-30(2,3)4/h7-10,15,19-20,35H,6,11-14,16,18H2,1-5H3. The summed E-state index contributed by atoms with van der Waals surface area (Å²) in [7, 11) is -2.64. The number of amides is 1. The zero-order valence-corrected chi connectivity index (χ0v) is 27.2. The number of benzene rings is 2. The van der Waals surface area contributed by atoms with Gasteiger partial charge in [0.05, 0.1) is 41.2 Å². The Hall–Kier alpha value is -4.26. The Kier molecular flexibility index (Phi) is 9.00. The Bertz CT molecular complexity index is 1860. The molecular weight excluding hydrogens is 619 g/mol. The van der Waals surface area contributed by atoms with Crippen molar-refractivity contribution in [2.45, 2.75) is 64.2 Å². The SMILES string of the molecule is CCN(C)S(=O)(=O)Nc1ccc(F)c(Oc2ccc3ncn(C4COC5(CCN(C(=O)OC(C)(C)C)CC5)C4)c(=O)c3c2)c1C#N. The first-order valence-corrected chi connectivity index (χ1v) is 16.4. The van der Waals surface area contributed by atoms with Gasteiger partial charge in [0.1, 0.15) is 23.0 Å². The molecule has 13 nitrogen and oxygen atoms in total. The largest absolute Gasteiger partial charge is 0.453 e. The molecule has 1 N–H and O–H groups in total. The minimum Gasteiger partial charge on any atom is -0.453 e. The van der Waals surface area contributed by atoms with Crippen LogP contribution in [0, 0.1) is 17.1 Å². The molecule has 0 radical (unpaired) electrons. The fourth-order valence-electron chi connectivity index (χ4n) is 5.57. The van der Waals surface area contributed by atoms with Crippen molar-refractivity contribution in [1.29, 1.82) is 5.26 Å². The van der Waals surface area contributed by atoms with E-state index in [1.54, 1.807) is 17.9 Å². The van der Waals surface area contributed by atoms with E-state index in [1.807, 2.05) is 26.8 Å². The van der Waals surface area contributed by atoms with Crippen LogP contribution in [0.3, 0.4) is 0 Å². The summed E-state index contributed by atoms with van der Waals surface area (Å²) in [6, 6.07) is 8.09. The molecule has 5 rings (SSSR count). The van der Waals surface area contributed by atoms with E-state index in [0.29, 0.717) is 44.5 Å². The highest BCUT2D eigenvalue weighted by molar-refractivity contribution is 7.90. The number of carbonyl (C=O) groups excluding carboxylic acids is 1. The lowest BCUT2D eigenvalue weighted by atomic mass is 9.87. The number of halogens is 1. The monoisotopic (exact) mass is 656 g/mol. The van der Waals surface area contributed by atoms with Gasteiger partial charge in [-0.2, -0.15) is 18.0 Å². The summed E-state index contributed by atoms with van der Waals surface area (Å²) in [5.74, 6) is -1.33. The van der Waals surface area contributed by atoms with Crippen LogP contribution in [0.25, 0.3) is 10.9 Å². The molecule has 1 unspecified atom stereocenters. The molecule has 15 heteroatoms. The van der Waals surface area contributed by atoms with Crippen molar-refractivity contribution in [1.82, 2.24) is 18.8 Å². The molecule has 1 aromatic heterocycles. The summed E-state index contributed by atoms with van der Waals surface area (Å²) >= 11 is 0. The molecule has 3 heterocycles. The van der Waals surface area contributed by atoms with Crippen LogP contribution in [0.2, 0.25) is 0 Å². The second kappa shape index (κ2) is 12.5. The van der Waals surface area contributed by atoms with E-state index < -0.39 is 33.0 Å². The number of nitrogens with zero attached hydrogens (tertiary/aromatic N) is 5. The van der Waals surface area contributed by atoms with Gasteiger partial charge in [0, 0.05) is 26.7 Å². The quantitative estimate of drug-likeness (QED) is 0.386. The molecular formula is C31H37FN6O7S. The van der Waals surface area contributed by atoms with Gasteiger partial charge >= 0.3 is 16.3 Å². The smallest absolute Gasteiger partial charge is 0.410 e. The van der Waals surface area contributed by atoms with Crippen LogP contribution in [0.15, 0.2) is 41.5 Å². The fourth-order valence-corrected chi connectivity index (χ4v) is 6.51. The minimum absolute atomic E-state index is 0.0545. The van der Waals surface area contributed by atoms with Gasteiger partial charge < -0.3 is 19.1 Å². The van der Waals surface area contributed by atoms with Crippen molar-refractivity contribution < 1.29 is 31.8 Å². The maximum atomic E-state index is 15.0. The first-order valence-electron chi connectivity index (χ1n) is 14.9. The van der Waals surface area contributed by atoms with E-state index in [9.17, 15) is 27.7 Å². The number of nitrogens with one attached hydrogen (secondary N) is 1. The van der Waals surface area contributed by atoms with E-state index in [-0.39, 0.29) is 46.6 Å². The maximum Gasteiger partial charge on any atom is 0.410 e. The lowest BCUT2D eigenvalue weighted by Crippen LogP contribution is -2.48. The number of piperidine rings is 1. The van der Waals surface area contributed by atoms with Gasteiger partial charge in [-0.3, -0.25) is 14.1 Å². The molecule has 2 aliphatic rings. The summed E-state index contributed by atoms with van der Waals surface area (Å²) < 4.78 is 62.4. The van der Waals surface area contributed by atoms with Crippen molar-refractivity contribution in [2.24, 2.45) is 0 Å².